The van der Waals surface area contributed by atoms with Gasteiger partial charge in [0.05, 0.1) is 0 Å². The number of para-hydroxylation sites is 1. The van der Waals surface area contributed by atoms with E-state index in [4.69, 9.17) is 0 Å². The molecule has 1 amide bonds. The van der Waals surface area contributed by atoms with Crippen LogP contribution in [0.25, 0.3) is 10.9 Å². The molecule has 0 unspecified atom stereocenters. The molecule has 6 nitrogen and oxygen atoms in total. The first-order valence-corrected chi connectivity index (χ1v) is 10.2. The smallest absolute Gasteiger partial charge is 0.270 e. The number of carbonyl (C=O) groups is 1. The van der Waals surface area contributed by atoms with Gasteiger partial charge in [0.1, 0.15) is 11.5 Å². The maximum Gasteiger partial charge on any atom is 0.270 e. The zero-order chi connectivity index (χ0) is 20.2. The van der Waals surface area contributed by atoms with Gasteiger partial charge >= 0.3 is 0 Å². The van der Waals surface area contributed by atoms with Crippen molar-refractivity contribution in [2.75, 3.05) is 6.54 Å². The van der Waals surface area contributed by atoms with E-state index in [1.807, 2.05) is 54.5 Å². The van der Waals surface area contributed by atoms with Crippen molar-refractivity contribution in [1.29, 1.82) is 0 Å². The van der Waals surface area contributed by atoms with Crippen molar-refractivity contribution in [3.8, 4) is 0 Å². The van der Waals surface area contributed by atoms with E-state index in [9.17, 15) is 4.79 Å². The number of aromatic amines is 1. The summed E-state index contributed by atoms with van der Waals surface area (Å²) in [5, 5.41) is 4.57. The van der Waals surface area contributed by atoms with Gasteiger partial charge in [-0.25, -0.2) is 9.97 Å². The van der Waals surface area contributed by atoms with Gasteiger partial charge in [0, 0.05) is 60.1 Å². The maximum absolute atomic E-state index is 13.2. The van der Waals surface area contributed by atoms with E-state index in [0.29, 0.717) is 18.8 Å². The van der Waals surface area contributed by atoms with Gasteiger partial charge in [-0.1, -0.05) is 24.3 Å². The molecule has 6 heteroatoms. The molecule has 150 valence electrons. The molecule has 4 rings (SSSR count). The molecule has 2 aromatic heterocycles. The lowest BCUT2D eigenvalue weighted by Gasteiger charge is -2.33. The summed E-state index contributed by atoms with van der Waals surface area (Å²) in [4.78, 5) is 27.0. The Labute approximate surface area is 171 Å². The van der Waals surface area contributed by atoms with Gasteiger partial charge in [-0.15, -0.1) is 0 Å². The predicted molar refractivity (Wildman–Crippen MR) is 114 cm³/mol. The third-order valence-electron chi connectivity index (χ3n) is 5.50. The van der Waals surface area contributed by atoms with Crippen molar-refractivity contribution in [1.82, 2.24) is 25.2 Å². The SMILES string of the molecule is CCN(C(=O)c1cc2ccccc2[nH]1)[C@H]1CCC=C(NCc2cnc(C)nc2)C1. The number of rotatable bonds is 6. The topological polar surface area (TPSA) is 73.9 Å². The van der Waals surface area contributed by atoms with E-state index in [2.05, 4.69) is 33.3 Å². The Morgan fingerprint density at radius 1 is 1.28 bits per heavy atom. The van der Waals surface area contributed by atoms with E-state index in [1.54, 1.807) is 0 Å². The van der Waals surface area contributed by atoms with E-state index >= 15 is 0 Å². The van der Waals surface area contributed by atoms with Crippen molar-refractivity contribution in [2.24, 2.45) is 0 Å². The fourth-order valence-electron chi connectivity index (χ4n) is 3.94. The van der Waals surface area contributed by atoms with Gasteiger partial charge in [0.15, 0.2) is 0 Å². The molecule has 1 aliphatic rings. The fraction of sp³-hybridized carbons (Fsp3) is 0.348. The number of allylic oxidation sites excluding steroid dienone is 1. The Morgan fingerprint density at radius 3 is 2.83 bits per heavy atom. The van der Waals surface area contributed by atoms with Gasteiger partial charge in [0.25, 0.3) is 5.91 Å². The number of amides is 1. The van der Waals surface area contributed by atoms with E-state index < -0.39 is 0 Å². The number of aryl methyl sites for hydroxylation is 1. The van der Waals surface area contributed by atoms with Crippen molar-refractivity contribution >= 4 is 16.8 Å². The minimum absolute atomic E-state index is 0.0712. The number of fused-ring (bicyclic) bond motifs is 1. The summed E-state index contributed by atoms with van der Waals surface area (Å²) in [7, 11) is 0. The Hall–Kier alpha value is -3.15. The van der Waals surface area contributed by atoms with Crippen LogP contribution in [0, 0.1) is 6.92 Å². The summed E-state index contributed by atoms with van der Waals surface area (Å²) in [6.07, 6.45) is 8.74. The number of H-pyrrole nitrogens is 1. The van der Waals surface area contributed by atoms with Gasteiger partial charge in [-0.05, 0) is 38.8 Å². The first-order chi connectivity index (χ1) is 14.1. The Morgan fingerprint density at radius 2 is 2.07 bits per heavy atom. The van der Waals surface area contributed by atoms with Crippen LogP contribution >= 0.6 is 0 Å². The molecule has 0 saturated heterocycles. The van der Waals surface area contributed by atoms with Crippen LogP contribution in [0.4, 0.5) is 0 Å². The van der Waals surface area contributed by atoms with Gasteiger partial charge in [-0.3, -0.25) is 4.79 Å². The van der Waals surface area contributed by atoms with Gasteiger partial charge < -0.3 is 15.2 Å². The molecule has 0 aliphatic heterocycles. The largest absolute Gasteiger partial charge is 0.384 e. The molecule has 1 aromatic carbocycles. The standard InChI is InChI=1S/C23H27N5O/c1-3-28(23(29)22-11-18-7-4-5-10-21(18)27-22)20-9-6-8-19(12-20)26-15-17-13-24-16(2)25-14-17/h4-5,7-8,10-11,13-14,20,26-27H,3,6,9,12,15H2,1-2H3/t20-/m0/s1. The highest BCUT2D eigenvalue weighted by molar-refractivity contribution is 5.98. The molecular formula is C23H27N5O. The minimum atomic E-state index is 0.0712. The zero-order valence-electron chi connectivity index (χ0n) is 17.0. The molecule has 1 atom stereocenters. The van der Waals surface area contributed by atoms with Crippen LogP contribution in [-0.2, 0) is 6.54 Å². The number of nitrogens with zero attached hydrogens (tertiary/aromatic N) is 3. The lowest BCUT2D eigenvalue weighted by atomic mass is 9.97. The van der Waals surface area contributed by atoms with Gasteiger partial charge in [-0.2, -0.15) is 0 Å². The molecule has 2 N–H and O–H groups in total. The highest BCUT2D eigenvalue weighted by atomic mass is 16.2. The molecule has 0 radical (unpaired) electrons. The molecule has 0 saturated carbocycles. The summed E-state index contributed by atoms with van der Waals surface area (Å²) in [5.41, 5.74) is 3.90. The Kier molecular flexibility index (Phi) is 5.60. The monoisotopic (exact) mass is 389 g/mol. The number of nitrogens with one attached hydrogen (secondary N) is 2. The highest BCUT2D eigenvalue weighted by Crippen LogP contribution is 2.24. The lowest BCUT2D eigenvalue weighted by molar-refractivity contribution is 0.0669. The summed E-state index contributed by atoms with van der Waals surface area (Å²) in [5.74, 6) is 0.849. The number of hydrogen-bond donors (Lipinski definition) is 2. The molecule has 0 fully saturated rings. The second-order valence-corrected chi connectivity index (χ2v) is 7.52. The minimum Gasteiger partial charge on any atom is -0.384 e. The first-order valence-electron chi connectivity index (χ1n) is 10.2. The van der Waals surface area contributed by atoms with Crippen LogP contribution in [0.3, 0.4) is 0 Å². The number of benzene rings is 1. The normalized spacial score (nSPS) is 16.5. The first kappa shape index (κ1) is 19.2. The highest BCUT2D eigenvalue weighted by Gasteiger charge is 2.27. The molecule has 2 heterocycles. The second kappa shape index (κ2) is 8.47. The van der Waals surface area contributed by atoms with E-state index in [1.165, 1.54) is 5.70 Å². The summed E-state index contributed by atoms with van der Waals surface area (Å²) < 4.78 is 0. The molecule has 29 heavy (non-hydrogen) atoms. The van der Waals surface area contributed by atoms with Crippen molar-refractivity contribution < 1.29 is 4.79 Å². The van der Waals surface area contributed by atoms with Crippen molar-refractivity contribution in [2.45, 2.75) is 45.7 Å². The second-order valence-electron chi connectivity index (χ2n) is 7.52. The van der Waals surface area contributed by atoms with Crippen molar-refractivity contribution in [3.63, 3.8) is 0 Å². The number of aromatic nitrogens is 3. The third kappa shape index (κ3) is 4.31. The number of hydrogen-bond acceptors (Lipinski definition) is 4. The number of carbonyl (C=O) groups excluding carboxylic acids is 1. The summed E-state index contributed by atoms with van der Waals surface area (Å²) in [6, 6.07) is 10.1. The third-order valence-corrected chi connectivity index (χ3v) is 5.50. The molecule has 1 aliphatic carbocycles. The van der Waals surface area contributed by atoms with Gasteiger partial charge in [0.2, 0.25) is 0 Å². The average molecular weight is 390 g/mol. The van der Waals surface area contributed by atoms with E-state index in [0.717, 1.165) is 41.6 Å². The zero-order valence-corrected chi connectivity index (χ0v) is 17.0. The predicted octanol–water partition coefficient (Wildman–Crippen LogP) is 3.95. The lowest BCUT2D eigenvalue weighted by Crippen LogP contribution is -2.42. The maximum atomic E-state index is 13.2. The van der Waals surface area contributed by atoms with Crippen LogP contribution in [-0.4, -0.2) is 38.3 Å². The quantitative estimate of drug-likeness (QED) is 0.669. The van der Waals surface area contributed by atoms with Crippen LogP contribution < -0.4 is 5.32 Å². The summed E-state index contributed by atoms with van der Waals surface area (Å²) >= 11 is 0. The summed E-state index contributed by atoms with van der Waals surface area (Å²) in [6.45, 7) is 5.32. The van der Waals surface area contributed by atoms with Crippen LogP contribution in [0.5, 0.6) is 0 Å². The van der Waals surface area contributed by atoms with Crippen LogP contribution in [0.15, 0.2) is 54.5 Å². The average Bonchev–Trinajstić information content (AvgIpc) is 3.18. The Bertz CT molecular complexity index is 988. The fourth-order valence-corrected chi connectivity index (χ4v) is 3.94. The Balaban J connectivity index is 1.42. The molecule has 0 spiro atoms. The van der Waals surface area contributed by atoms with E-state index in [-0.39, 0.29) is 11.9 Å². The molecule has 0 bridgehead atoms. The van der Waals surface area contributed by atoms with Crippen LogP contribution in [0.2, 0.25) is 0 Å². The van der Waals surface area contributed by atoms with Crippen LogP contribution in [0.1, 0.15) is 48.1 Å². The molecule has 3 aromatic rings. The van der Waals surface area contributed by atoms with Crippen molar-refractivity contribution in [3.05, 3.63) is 71.6 Å². The molecular weight excluding hydrogens is 362 g/mol.